The van der Waals surface area contributed by atoms with Crippen molar-refractivity contribution in [3.05, 3.63) is 34.7 Å². The van der Waals surface area contributed by atoms with E-state index in [0.29, 0.717) is 34.5 Å². The molecule has 0 bridgehead atoms. The summed E-state index contributed by atoms with van der Waals surface area (Å²) in [5.74, 6) is 1.65. The summed E-state index contributed by atoms with van der Waals surface area (Å²) in [4.78, 5) is 14.5. The first-order valence-electron chi connectivity index (χ1n) is 7.96. The fraction of sp³-hybridized carbons (Fsp3) is 0.412. The minimum atomic E-state index is -0.240. The monoisotopic (exact) mass is 365 g/mol. The van der Waals surface area contributed by atoms with E-state index in [9.17, 15) is 4.79 Å². The Morgan fingerprint density at radius 2 is 2.08 bits per heavy atom. The molecular formula is C17H20ClN3O4. The summed E-state index contributed by atoms with van der Waals surface area (Å²) in [7, 11) is 3.04. The molecule has 1 aromatic heterocycles. The third kappa shape index (κ3) is 3.51. The van der Waals surface area contributed by atoms with Crippen LogP contribution >= 0.6 is 11.6 Å². The molecule has 0 saturated carbocycles. The first-order valence-corrected chi connectivity index (χ1v) is 8.33. The first kappa shape index (κ1) is 17.4. The van der Waals surface area contributed by atoms with Gasteiger partial charge >= 0.3 is 6.03 Å². The SMILES string of the molecule is COc1cc(OC)c(NC(=O)N2CCC[C@H]2c2cc(C)no2)cc1Cl. The van der Waals surface area contributed by atoms with Crippen molar-refractivity contribution in [2.24, 2.45) is 0 Å². The van der Waals surface area contributed by atoms with Gasteiger partial charge < -0.3 is 24.2 Å². The number of halogens is 1. The average Bonchev–Trinajstić information content (AvgIpc) is 3.23. The lowest BCUT2D eigenvalue weighted by molar-refractivity contribution is 0.195. The van der Waals surface area contributed by atoms with Crippen LogP contribution < -0.4 is 14.8 Å². The number of hydrogen-bond acceptors (Lipinski definition) is 5. The summed E-state index contributed by atoms with van der Waals surface area (Å²) in [6.45, 7) is 2.50. The largest absolute Gasteiger partial charge is 0.495 e. The molecule has 1 aromatic carbocycles. The molecule has 0 aliphatic carbocycles. The number of carbonyl (C=O) groups excluding carboxylic acids is 1. The van der Waals surface area contributed by atoms with Crippen LogP contribution in [-0.4, -0.2) is 36.9 Å². The van der Waals surface area contributed by atoms with E-state index in [2.05, 4.69) is 10.5 Å². The van der Waals surface area contributed by atoms with E-state index >= 15 is 0 Å². The van der Waals surface area contributed by atoms with E-state index in [4.69, 9.17) is 25.6 Å². The molecular weight excluding hydrogens is 346 g/mol. The number of benzene rings is 1. The number of likely N-dealkylation sites (tertiary alicyclic amines) is 1. The summed E-state index contributed by atoms with van der Waals surface area (Å²) in [6.07, 6.45) is 1.74. The molecule has 7 nitrogen and oxygen atoms in total. The molecule has 25 heavy (non-hydrogen) atoms. The van der Waals surface area contributed by atoms with Gasteiger partial charge in [-0.25, -0.2) is 4.79 Å². The number of methoxy groups -OCH3 is 2. The highest BCUT2D eigenvalue weighted by Gasteiger charge is 2.33. The Labute approximate surface area is 150 Å². The van der Waals surface area contributed by atoms with Gasteiger partial charge in [-0.2, -0.15) is 0 Å². The molecule has 1 aliphatic rings. The van der Waals surface area contributed by atoms with E-state index < -0.39 is 0 Å². The van der Waals surface area contributed by atoms with Gasteiger partial charge in [-0.15, -0.1) is 0 Å². The Bertz CT molecular complexity index is 777. The predicted octanol–water partition coefficient (Wildman–Crippen LogP) is 4.02. The summed E-state index contributed by atoms with van der Waals surface area (Å²) in [5.41, 5.74) is 1.28. The van der Waals surface area contributed by atoms with Gasteiger partial charge in [0.2, 0.25) is 0 Å². The van der Waals surface area contributed by atoms with Crippen molar-refractivity contribution in [1.82, 2.24) is 10.1 Å². The maximum atomic E-state index is 12.8. The molecule has 134 valence electrons. The predicted molar refractivity (Wildman–Crippen MR) is 93.5 cm³/mol. The number of aryl methyl sites for hydroxylation is 1. The van der Waals surface area contributed by atoms with Crippen molar-refractivity contribution in [2.45, 2.75) is 25.8 Å². The van der Waals surface area contributed by atoms with Crippen molar-refractivity contribution < 1.29 is 18.8 Å². The van der Waals surface area contributed by atoms with Crippen molar-refractivity contribution in [3.63, 3.8) is 0 Å². The van der Waals surface area contributed by atoms with Gasteiger partial charge in [0.1, 0.15) is 11.5 Å². The second-order valence-corrected chi connectivity index (χ2v) is 6.25. The summed E-state index contributed by atoms with van der Waals surface area (Å²) >= 11 is 6.16. The van der Waals surface area contributed by atoms with Crippen LogP contribution in [0.2, 0.25) is 5.02 Å². The molecule has 0 radical (unpaired) electrons. The average molecular weight is 366 g/mol. The molecule has 2 heterocycles. The molecule has 1 fully saturated rings. The maximum absolute atomic E-state index is 12.8. The third-order valence-corrected chi connectivity index (χ3v) is 4.50. The molecule has 1 saturated heterocycles. The van der Waals surface area contributed by atoms with Gasteiger partial charge in [0.05, 0.1) is 36.7 Å². The zero-order chi connectivity index (χ0) is 18.0. The highest BCUT2D eigenvalue weighted by Crippen LogP contribution is 2.37. The van der Waals surface area contributed by atoms with Crippen LogP contribution in [0.5, 0.6) is 11.5 Å². The summed E-state index contributed by atoms with van der Waals surface area (Å²) < 4.78 is 15.8. The molecule has 3 rings (SSSR count). The Balaban J connectivity index is 1.81. The fourth-order valence-corrected chi connectivity index (χ4v) is 3.23. The molecule has 8 heteroatoms. The van der Waals surface area contributed by atoms with Crippen molar-refractivity contribution in [3.8, 4) is 11.5 Å². The smallest absolute Gasteiger partial charge is 0.322 e. The minimum absolute atomic E-state index is 0.124. The highest BCUT2D eigenvalue weighted by molar-refractivity contribution is 6.32. The van der Waals surface area contributed by atoms with Crippen LogP contribution in [-0.2, 0) is 0 Å². The van der Waals surface area contributed by atoms with Gasteiger partial charge in [0.15, 0.2) is 5.76 Å². The van der Waals surface area contributed by atoms with E-state index in [1.807, 2.05) is 13.0 Å². The fourth-order valence-electron chi connectivity index (χ4n) is 2.99. The number of urea groups is 1. The summed E-state index contributed by atoms with van der Waals surface area (Å²) in [6, 6.07) is 4.75. The van der Waals surface area contributed by atoms with E-state index in [1.165, 1.54) is 14.2 Å². The van der Waals surface area contributed by atoms with Crippen LogP contribution in [0.25, 0.3) is 0 Å². The van der Waals surface area contributed by atoms with Gasteiger partial charge in [0.25, 0.3) is 0 Å². The molecule has 2 amide bonds. The van der Waals surface area contributed by atoms with Gasteiger partial charge in [0, 0.05) is 18.7 Å². The number of ether oxygens (including phenoxy) is 2. The molecule has 1 aliphatic heterocycles. The van der Waals surface area contributed by atoms with Crippen molar-refractivity contribution in [1.29, 1.82) is 0 Å². The quantitative estimate of drug-likeness (QED) is 0.885. The number of amides is 2. The van der Waals surface area contributed by atoms with Crippen molar-refractivity contribution in [2.75, 3.05) is 26.1 Å². The van der Waals surface area contributed by atoms with E-state index in [0.717, 1.165) is 18.5 Å². The van der Waals surface area contributed by atoms with Gasteiger partial charge in [-0.05, 0) is 25.8 Å². The van der Waals surface area contributed by atoms with Crippen LogP contribution in [0.3, 0.4) is 0 Å². The minimum Gasteiger partial charge on any atom is -0.495 e. The normalized spacial score (nSPS) is 16.8. The Morgan fingerprint density at radius 3 is 2.72 bits per heavy atom. The van der Waals surface area contributed by atoms with Crippen LogP contribution in [0.1, 0.15) is 30.3 Å². The molecule has 0 unspecified atom stereocenters. The van der Waals surface area contributed by atoms with Crippen LogP contribution in [0.15, 0.2) is 22.7 Å². The number of anilines is 1. The Morgan fingerprint density at radius 1 is 1.32 bits per heavy atom. The zero-order valence-corrected chi connectivity index (χ0v) is 15.1. The van der Waals surface area contributed by atoms with E-state index in [1.54, 1.807) is 17.0 Å². The van der Waals surface area contributed by atoms with Crippen LogP contribution in [0, 0.1) is 6.92 Å². The molecule has 1 atom stereocenters. The topological polar surface area (TPSA) is 76.8 Å². The third-order valence-electron chi connectivity index (χ3n) is 4.20. The standard InChI is InChI=1S/C17H20ClN3O4/c1-10-7-16(25-20-10)13-5-4-6-21(13)17(22)19-12-8-11(18)14(23-2)9-15(12)24-3/h7-9,13H,4-6H2,1-3H3,(H,19,22)/t13-/m0/s1. The van der Waals surface area contributed by atoms with Crippen LogP contribution in [0.4, 0.5) is 10.5 Å². The highest BCUT2D eigenvalue weighted by atomic mass is 35.5. The number of rotatable bonds is 4. The molecule has 0 spiro atoms. The number of nitrogens with zero attached hydrogens (tertiary/aromatic N) is 2. The lowest BCUT2D eigenvalue weighted by Gasteiger charge is -2.23. The first-order chi connectivity index (χ1) is 12.0. The van der Waals surface area contributed by atoms with E-state index in [-0.39, 0.29) is 12.1 Å². The second-order valence-electron chi connectivity index (χ2n) is 5.84. The van der Waals surface area contributed by atoms with Crippen molar-refractivity contribution >= 4 is 23.3 Å². The lowest BCUT2D eigenvalue weighted by Crippen LogP contribution is -2.34. The number of hydrogen-bond donors (Lipinski definition) is 1. The number of aromatic nitrogens is 1. The maximum Gasteiger partial charge on any atom is 0.322 e. The Hall–Kier alpha value is -2.41. The Kier molecular flexibility index (Phi) is 5.03. The number of nitrogens with one attached hydrogen (secondary N) is 1. The van der Waals surface area contributed by atoms with Gasteiger partial charge in [-0.3, -0.25) is 0 Å². The number of carbonyl (C=O) groups is 1. The second kappa shape index (κ2) is 7.23. The van der Waals surface area contributed by atoms with Gasteiger partial charge in [-0.1, -0.05) is 16.8 Å². The molecule has 2 aromatic rings. The zero-order valence-electron chi connectivity index (χ0n) is 14.3. The summed E-state index contributed by atoms with van der Waals surface area (Å²) in [5, 5.41) is 7.17. The molecule has 1 N–H and O–H groups in total. The lowest BCUT2D eigenvalue weighted by atomic mass is 10.1.